The molecule has 2 fully saturated rings. The molecule has 23 heavy (non-hydrogen) atoms. The molecule has 2 aliphatic rings. The fraction of sp³-hybridized carbons (Fsp3) is 0.529. The first-order chi connectivity index (χ1) is 11.0. The van der Waals surface area contributed by atoms with E-state index in [1.54, 1.807) is 18.2 Å². The van der Waals surface area contributed by atoms with Crippen molar-refractivity contribution in [3.05, 3.63) is 18.2 Å². The number of carboxylic acid groups (broad SMARTS) is 1. The molecular weight excluding hydrogens is 298 g/mol. The van der Waals surface area contributed by atoms with E-state index < -0.39 is 17.8 Å². The number of fused-ring (bicyclic) bond motifs is 2. The monoisotopic (exact) mass is 318 g/mol. The van der Waals surface area contributed by atoms with E-state index in [-0.39, 0.29) is 17.7 Å². The predicted octanol–water partition coefficient (Wildman–Crippen LogP) is 1.05. The molecule has 3 rings (SSSR count). The standard InChI is InChI=1S/C17H21NO5/c1-22-12-6-5-11(8-13(12)23-2)18-16(19)14-9-3-4-10(7-9)15(14)17(20)21/h5-6,8-10,14-15H,3-4,7H2,1-2H3,(H,18,19)(H,20,21)/p-1. The molecule has 0 aromatic heterocycles. The Morgan fingerprint density at radius 1 is 1.09 bits per heavy atom. The number of nitrogens with one attached hydrogen (secondary N) is 1. The molecule has 2 saturated carbocycles. The third kappa shape index (κ3) is 2.73. The zero-order valence-electron chi connectivity index (χ0n) is 13.2. The van der Waals surface area contributed by atoms with Crippen molar-refractivity contribution < 1.29 is 24.2 Å². The summed E-state index contributed by atoms with van der Waals surface area (Å²) < 4.78 is 10.4. The van der Waals surface area contributed by atoms with Crippen molar-refractivity contribution in [3.8, 4) is 11.5 Å². The van der Waals surface area contributed by atoms with Crippen LogP contribution in [0.1, 0.15) is 19.3 Å². The van der Waals surface area contributed by atoms with Crippen LogP contribution in [-0.4, -0.2) is 26.1 Å². The van der Waals surface area contributed by atoms with Crippen LogP contribution in [0.25, 0.3) is 0 Å². The molecule has 4 atom stereocenters. The van der Waals surface area contributed by atoms with E-state index in [1.165, 1.54) is 14.2 Å². The lowest BCUT2D eigenvalue weighted by Crippen LogP contribution is -2.43. The molecule has 2 aliphatic carbocycles. The smallest absolute Gasteiger partial charge is 0.228 e. The van der Waals surface area contributed by atoms with E-state index in [4.69, 9.17) is 9.47 Å². The molecule has 0 aliphatic heterocycles. The molecule has 1 amide bonds. The van der Waals surface area contributed by atoms with Crippen molar-refractivity contribution in [1.82, 2.24) is 0 Å². The van der Waals surface area contributed by atoms with Gasteiger partial charge in [0.05, 0.1) is 14.2 Å². The van der Waals surface area contributed by atoms with Crippen molar-refractivity contribution in [2.45, 2.75) is 19.3 Å². The first-order valence-electron chi connectivity index (χ1n) is 7.79. The molecule has 0 radical (unpaired) electrons. The third-order valence-corrected chi connectivity index (χ3v) is 5.14. The van der Waals surface area contributed by atoms with Gasteiger partial charge in [-0.2, -0.15) is 0 Å². The molecule has 0 heterocycles. The van der Waals surface area contributed by atoms with Gasteiger partial charge < -0.3 is 24.7 Å². The summed E-state index contributed by atoms with van der Waals surface area (Å²) in [6, 6.07) is 5.07. The average molecular weight is 318 g/mol. The van der Waals surface area contributed by atoms with Crippen molar-refractivity contribution in [3.63, 3.8) is 0 Å². The lowest BCUT2D eigenvalue weighted by atomic mass is 9.78. The first-order valence-corrected chi connectivity index (χ1v) is 7.79. The Labute approximate surface area is 134 Å². The van der Waals surface area contributed by atoms with E-state index in [2.05, 4.69) is 5.32 Å². The molecule has 4 unspecified atom stereocenters. The molecule has 0 saturated heterocycles. The Morgan fingerprint density at radius 2 is 1.74 bits per heavy atom. The van der Waals surface area contributed by atoms with Crippen LogP contribution >= 0.6 is 0 Å². The highest BCUT2D eigenvalue weighted by molar-refractivity contribution is 5.96. The average Bonchev–Trinajstić information content (AvgIpc) is 3.15. The van der Waals surface area contributed by atoms with Gasteiger partial charge >= 0.3 is 0 Å². The minimum Gasteiger partial charge on any atom is -0.550 e. The van der Waals surface area contributed by atoms with Crippen LogP contribution in [0.5, 0.6) is 11.5 Å². The Hall–Kier alpha value is -2.24. The number of ether oxygens (including phenoxy) is 2. The molecule has 1 aromatic carbocycles. The Kier molecular flexibility index (Phi) is 4.15. The number of rotatable bonds is 5. The lowest BCUT2D eigenvalue weighted by molar-refractivity contribution is -0.314. The largest absolute Gasteiger partial charge is 0.550 e. The normalized spacial score (nSPS) is 28.4. The fourth-order valence-corrected chi connectivity index (χ4v) is 4.15. The highest BCUT2D eigenvalue weighted by Crippen LogP contribution is 2.52. The second-order valence-corrected chi connectivity index (χ2v) is 6.26. The van der Waals surface area contributed by atoms with Crippen molar-refractivity contribution in [2.24, 2.45) is 23.7 Å². The summed E-state index contributed by atoms with van der Waals surface area (Å²) in [7, 11) is 3.06. The molecule has 2 bridgehead atoms. The SMILES string of the molecule is COc1ccc(NC(=O)C2C3CCC(C3)C2C(=O)[O-])cc1OC. The summed E-state index contributed by atoms with van der Waals surface area (Å²) in [4.78, 5) is 24.0. The molecule has 124 valence electrons. The van der Waals surface area contributed by atoms with Crippen LogP contribution in [0, 0.1) is 23.7 Å². The minimum absolute atomic E-state index is 0.0751. The van der Waals surface area contributed by atoms with Gasteiger partial charge in [0.15, 0.2) is 11.5 Å². The van der Waals surface area contributed by atoms with Crippen LogP contribution in [0.15, 0.2) is 18.2 Å². The number of carbonyl (C=O) groups is 2. The highest BCUT2D eigenvalue weighted by atomic mass is 16.5. The van der Waals surface area contributed by atoms with Crippen LogP contribution in [0.4, 0.5) is 5.69 Å². The van der Waals surface area contributed by atoms with E-state index in [1.807, 2.05) is 0 Å². The highest BCUT2D eigenvalue weighted by Gasteiger charge is 2.51. The Morgan fingerprint density at radius 3 is 2.35 bits per heavy atom. The van der Waals surface area contributed by atoms with Gasteiger partial charge in [-0.1, -0.05) is 0 Å². The summed E-state index contributed by atoms with van der Waals surface area (Å²) >= 11 is 0. The van der Waals surface area contributed by atoms with Crippen LogP contribution in [-0.2, 0) is 9.59 Å². The van der Waals surface area contributed by atoms with E-state index in [9.17, 15) is 14.7 Å². The quantitative estimate of drug-likeness (QED) is 0.877. The Bertz CT molecular complexity index is 629. The van der Waals surface area contributed by atoms with E-state index in [0.29, 0.717) is 17.2 Å². The zero-order valence-corrected chi connectivity index (χ0v) is 13.2. The van der Waals surface area contributed by atoms with Gasteiger partial charge in [0.1, 0.15) is 0 Å². The number of benzene rings is 1. The van der Waals surface area contributed by atoms with Gasteiger partial charge in [-0.25, -0.2) is 0 Å². The van der Waals surface area contributed by atoms with Gasteiger partial charge in [-0.3, -0.25) is 4.79 Å². The maximum absolute atomic E-state index is 12.6. The summed E-state index contributed by atoms with van der Waals surface area (Å²) in [5.41, 5.74) is 0.563. The number of amides is 1. The van der Waals surface area contributed by atoms with Gasteiger partial charge in [0.25, 0.3) is 0 Å². The topological polar surface area (TPSA) is 87.7 Å². The second kappa shape index (κ2) is 6.10. The summed E-state index contributed by atoms with van der Waals surface area (Å²) in [6.45, 7) is 0. The second-order valence-electron chi connectivity index (χ2n) is 6.26. The molecule has 6 nitrogen and oxygen atoms in total. The molecule has 0 spiro atoms. The summed E-state index contributed by atoms with van der Waals surface area (Å²) in [6.07, 6.45) is 2.60. The number of hydrogen-bond donors (Lipinski definition) is 1. The van der Waals surface area contributed by atoms with Gasteiger partial charge in [-0.05, 0) is 43.2 Å². The number of anilines is 1. The maximum atomic E-state index is 12.6. The van der Waals surface area contributed by atoms with Crippen LogP contribution in [0.2, 0.25) is 0 Å². The number of hydrogen-bond acceptors (Lipinski definition) is 5. The lowest BCUT2D eigenvalue weighted by Gasteiger charge is -2.30. The molecule has 1 aromatic rings. The first kappa shape index (κ1) is 15.6. The third-order valence-electron chi connectivity index (χ3n) is 5.14. The van der Waals surface area contributed by atoms with Gasteiger partial charge in [0.2, 0.25) is 5.91 Å². The Balaban J connectivity index is 1.78. The summed E-state index contributed by atoms with van der Waals surface area (Å²) in [5.74, 6) is -1.24. The maximum Gasteiger partial charge on any atom is 0.228 e. The number of methoxy groups -OCH3 is 2. The van der Waals surface area contributed by atoms with Crippen LogP contribution < -0.4 is 19.9 Å². The van der Waals surface area contributed by atoms with Crippen molar-refractivity contribution in [2.75, 3.05) is 19.5 Å². The minimum atomic E-state index is -1.11. The molecule has 1 N–H and O–H groups in total. The van der Waals surface area contributed by atoms with Crippen LogP contribution in [0.3, 0.4) is 0 Å². The van der Waals surface area contributed by atoms with Crippen molar-refractivity contribution >= 4 is 17.6 Å². The van der Waals surface area contributed by atoms with E-state index >= 15 is 0 Å². The molecular formula is C17H20NO5-. The zero-order chi connectivity index (χ0) is 16.6. The number of aliphatic carboxylic acids is 1. The van der Waals surface area contributed by atoms with E-state index in [0.717, 1.165) is 19.3 Å². The molecule has 6 heteroatoms. The fourth-order valence-electron chi connectivity index (χ4n) is 4.15. The van der Waals surface area contributed by atoms with Crippen molar-refractivity contribution in [1.29, 1.82) is 0 Å². The van der Waals surface area contributed by atoms with Gasteiger partial charge in [-0.15, -0.1) is 0 Å². The predicted molar refractivity (Wildman–Crippen MR) is 81.0 cm³/mol. The van der Waals surface area contributed by atoms with Gasteiger partial charge in [0, 0.05) is 29.6 Å². The number of carboxylic acids is 1. The summed E-state index contributed by atoms with van der Waals surface area (Å²) in [5, 5.41) is 14.2. The number of carbonyl (C=O) groups excluding carboxylic acids is 2.